The third-order valence-corrected chi connectivity index (χ3v) is 3.84. The number of rotatable bonds is 0. The molecule has 1 fully saturated rings. The van der Waals surface area contributed by atoms with Crippen LogP contribution in [0.15, 0.2) is 36.0 Å². The lowest BCUT2D eigenvalue weighted by Gasteiger charge is -2.36. The Balaban J connectivity index is 2.58. The van der Waals surface area contributed by atoms with E-state index >= 15 is 0 Å². The summed E-state index contributed by atoms with van der Waals surface area (Å²) in [7, 11) is 1.78. The highest BCUT2D eigenvalue weighted by molar-refractivity contribution is 5.98. The van der Waals surface area contributed by atoms with E-state index in [1.165, 1.54) is 0 Å². The number of aliphatic hydroxyl groups is 1. The van der Waals surface area contributed by atoms with Crippen LogP contribution in [-0.2, 0) is 4.79 Å². The summed E-state index contributed by atoms with van der Waals surface area (Å²) in [6.45, 7) is 3.82. The lowest BCUT2D eigenvalue weighted by Crippen LogP contribution is -2.43. The summed E-state index contributed by atoms with van der Waals surface area (Å²) < 4.78 is 0. The number of carbonyl (C=O) groups excluding carboxylic acids is 1. The number of hydrogen-bond donors (Lipinski definition) is 1. The summed E-state index contributed by atoms with van der Waals surface area (Å²) >= 11 is 0. The van der Waals surface area contributed by atoms with Gasteiger partial charge in [0.1, 0.15) is 0 Å². The molecule has 0 unspecified atom stereocenters. The second-order valence-corrected chi connectivity index (χ2v) is 4.42. The highest BCUT2D eigenvalue weighted by Crippen LogP contribution is 2.47. The van der Waals surface area contributed by atoms with Gasteiger partial charge in [0.2, 0.25) is 0 Å². The van der Waals surface area contributed by atoms with Crippen molar-refractivity contribution >= 4 is 5.91 Å². The fraction of sp³-hybridized carbons (Fsp3) is 0.462. The van der Waals surface area contributed by atoms with Gasteiger partial charge in [0.25, 0.3) is 5.91 Å². The largest absolute Gasteiger partial charge is 0.388 e. The minimum absolute atomic E-state index is 0.00833. The van der Waals surface area contributed by atoms with Crippen LogP contribution in [0.4, 0.5) is 0 Å². The molecule has 1 saturated heterocycles. The van der Waals surface area contributed by atoms with Crippen LogP contribution >= 0.6 is 0 Å². The van der Waals surface area contributed by atoms with E-state index in [2.05, 4.69) is 0 Å². The quantitative estimate of drug-likeness (QED) is 0.623. The summed E-state index contributed by atoms with van der Waals surface area (Å²) in [5.74, 6) is 0.00833. The summed E-state index contributed by atoms with van der Waals surface area (Å²) in [4.78, 5) is 13.8. The van der Waals surface area contributed by atoms with Gasteiger partial charge in [0.15, 0.2) is 0 Å². The molecule has 2 aliphatic rings. The maximum atomic E-state index is 12.1. The van der Waals surface area contributed by atoms with E-state index in [0.29, 0.717) is 5.57 Å². The zero-order valence-electron chi connectivity index (χ0n) is 9.84. The van der Waals surface area contributed by atoms with Crippen molar-refractivity contribution < 1.29 is 9.90 Å². The normalized spacial score (nSPS) is 40.4. The van der Waals surface area contributed by atoms with Crippen LogP contribution in [0.5, 0.6) is 0 Å². The number of hydrogen-bond acceptors (Lipinski definition) is 2. The van der Waals surface area contributed by atoms with Gasteiger partial charge >= 0.3 is 0 Å². The zero-order chi connectivity index (χ0) is 11.9. The maximum absolute atomic E-state index is 12.1. The number of aliphatic hydroxyl groups excluding tert-OH is 1. The first-order chi connectivity index (χ1) is 7.55. The smallest absolute Gasteiger partial charge is 0.250 e. The van der Waals surface area contributed by atoms with Crippen molar-refractivity contribution in [3.8, 4) is 0 Å². The Kier molecular flexibility index (Phi) is 2.50. The molecule has 3 heteroatoms. The second kappa shape index (κ2) is 3.59. The molecule has 16 heavy (non-hydrogen) atoms. The molecule has 0 aromatic rings. The Morgan fingerprint density at radius 1 is 1.50 bits per heavy atom. The lowest BCUT2D eigenvalue weighted by molar-refractivity contribution is -0.124. The van der Waals surface area contributed by atoms with E-state index in [9.17, 15) is 9.90 Å². The molecule has 0 bridgehead atoms. The molecule has 1 N–H and O–H groups in total. The van der Waals surface area contributed by atoms with E-state index in [1.54, 1.807) is 18.0 Å². The van der Waals surface area contributed by atoms with E-state index in [1.807, 2.05) is 38.2 Å². The van der Waals surface area contributed by atoms with Gasteiger partial charge in [0, 0.05) is 18.7 Å². The monoisotopic (exact) mass is 219 g/mol. The molecule has 3 nitrogen and oxygen atoms in total. The summed E-state index contributed by atoms with van der Waals surface area (Å²) in [5, 5.41) is 10.2. The molecule has 0 radical (unpaired) electrons. The van der Waals surface area contributed by atoms with Crippen molar-refractivity contribution in [3.63, 3.8) is 0 Å². The number of carbonyl (C=O) groups is 1. The van der Waals surface area contributed by atoms with Crippen molar-refractivity contribution in [2.45, 2.75) is 26.0 Å². The SMILES string of the molecule is C/C=C1\C(=O)N(C)[C@@H](C)[C@@]12C=CC=C[C@H]2O. The number of allylic oxidation sites excluding steroid dienone is 3. The first-order valence-corrected chi connectivity index (χ1v) is 5.53. The molecule has 0 saturated carbocycles. The van der Waals surface area contributed by atoms with Gasteiger partial charge in [-0.3, -0.25) is 4.79 Å². The minimum atomic E-state index is -0.632. The second-order valence-electron chi connectivity index (χ2n) is 4.42. The number of amides is 1. The molecule has 86 valence electrons. The van der Waals surface area contributed by atoms with E-state index < -0.39 is 11.5 Å². The Bertz CT molecular complexity index is 408. The van der Waals surface area contributed by atoms with Gasteiger partial charge < -0.3 is 10.0 Å². The fourth-order valence-corrected chi connectivity index (χ4v) is 2.75. The third-order valence-electron chi connectivity index (χ3n) is 3.84. The molecule has 1 aliphatic carbocycles. The topological polar surface area (TPSA) is 40.5 Å². The van der Waals surface area contributed by atoms with Crippen LogP contribution in [0, 0.1) is 5.41 Å². The molecule has 2 rings (SSSR count). The van der Waals surface area contributed by atoms with Gasteiger partial charge in [0.05, 0.1) is 11.5 Å². The van der Waals surface area contributed by atoms with E-state index in [0.717, 1.165) is 0 Å². The minimum Gasteiger partial charge on any atom is -0.388 e. The Hall–Kier alpha value is -1.35. The first kappa shape index (κ1) is 11.1. The van der Waals surface area contributed by atoms with Gasteiger partial charge in [-0.05, 0) is 13.8 Å². The molecule has 3 atom stereocenters. The standard InChI is InChI=1S/C13H17NO2/c1-4-10-12(16)14(3)9(2)13(10)8-6-5-7-11(13)15/h4-9,11,15H,1-3H3/b10-4+/t9-,11+,13-/m0/s1. The molecule has 1 heterocycles. The van der Waals surface area contributed by atoms with Crippen molar-refractivity contribution in [3.05, 3.63) is 36.0 Å². The predicted octanol–water partition coefficient (Wildman–Crippen LogP) is 1.27. The molecule has 1 amide bonds. The maximum Gasteiger partial charge on any atom is 0.250 e. The van der Waals surface area contributed by atoms with Crippen molar-refractivity contribution in [2.24, 2.45) is 5.41 Å². The van der Waals surface area contributed by atoms with Crippen LogP contribution in [0.3, 0.4) is 0 Å². The van der Waals surface area contributed by atoms with Crippen molar-refractivity contribution in [2.75, 3.05) is 7.05 Å². The van der Waals surface area contributed by atoms with Gasteiger partial charge in [-0.25, -0.2) is 0 Å². The molecule has 1 aliphatic heterocycles. The number of likely N-dealkylation sites (N-methyl/N-ethyl adjacent to an activating group) is 1. The number of likely N-dealkylation sites (tertiary alicyclic amines) is 1. The molecule has 0 aromatic heterocycles. The number of nitrogens with zero attached hydrogens (tertiary/aromatic N) is 1. The van der Waals surface area contributed by atoms with Crippen molar-refractivity contribution in [1.82, 2.24) is 4.90 Å². The summed E-state index contributed by atoms with van der Waals surface area (Å²) in [6, 6.07) is -0.0256. The van der Waals surface area contributed by atoms with Crippen LogP contribution < -0.4 is 0 Å². The average Bonchev–Trinajstić information content (AvgIpc) is 2.46. The van der Waals surface area contributed by atoms with E-state index in [4.69, 9.17) is 0 Å². The third kappa shape index (κ3) is 1.15. The highest BCUT2D eigenvalue weighted by atomic mass is 16.3. The first-order valence-electron chi connectivity index (χ1n) is 5.53. The predicted molar refractivity (Wildman–Crippen MR) is 62.7 cm³/mol. The summed E-state index contributed by atoms with van der Waals surface area (Å²) in [5.41, 5.74) is 0.116. The summed E-state index contributed by atoms with van der Waals surface area (Å²) in [6.07, 6.45) is 8.59. The molecular weight excluding hydrogens is 202 g/mol. The highest BCUT2D eigenvalue weighted by Gasteiger charge is 2.54. The van der Waals surface area contributed by atoms with Crippen LogP contribution in [-0.4, -0.2) is 35.1 Å². The lowest BCUT2D eigenvalue weighted by atomic mass is 9.70. The molecule has 0 aromatic carbocycles. The van der Waals surface area contributed by atoms with Gasteiger partial charge in [-0.2, -0.15) is 0 Å². The molecular formula is C13H17NO2. The van der Waals surface area contributed by atoms with E-state index in [-0.39, 0.29) is 11.9 Å². The fourth-order valence-electron chi connectivity index (χ4n) is 2.75. The Morgan fingerprint density at radius 2 is 2.19 bits per heavy atom. The van der Waals surface area contributed by atoms with Gasteiger partial charge in [-0.15, -0.1) is 0 Å². The average molecular weight is 219 g/mol. The zero-order valence-corrected chi connectivity index (χ0v) is 9.84. The Morgan fingerprint density at radius 3 is 2.75 bits per heavy atom. The van der Waals surface area contributed by atoms with Crippen LogP contribution in [0.25, 0.3) is 0 Å². The van der Waals surface area contributed by atoms with Gasteiger partial charge in [-0.1, -0.05) is 30.4 Å². The van der Waals surface area contributed by atoms with Crippen molar-refractivity contribution in [1.29, 1.82) is 0 Å². The molecule has 1 spiro atoms. The van der Waals surface area contributed by atoms with Crippen LogP contribution in [0.1, 0.15) is 13.8 Å². The van der Waals surface area contributed by atoms with Crippen LogP contribution in [0.2, 0.25) is 0 Å². The Labute approximate surface area is 95.8 Å².